The second-order valence-electron chi connectivity index (χ2n) is 4.55. The maximum absolute atomic E-state index is 14.1. The molecular formula is C13H18FN5S. The molecule has 7 heteroatoms. The Morgan fingerprint density at radius 2 is 2.25 bits per heavy atom. The van der Waals surface area contributed by atoms with Crippen LogP contribution in [0.15, 0.2) is 28.3 Å². The lowest BCUT2D eigenvalue weighted by molar-refractivity contribution is 0.556. The van der Waals surface area contributed by atoms with E-state index in [0.29, 0.717) is 10.1 Å². The van der Waals surface area contributed by atoms with Crippen LogP contribution in [0.2, 0.25) is 0 Å². The first kappa shape index (κ1) is 14.9. The van der Waals surface area contributed by atoms with Crippen LogP contribution in [0.5, 0.6) is 0 Å². The van der Waals surface area contributed by atoms with E-state index in [0.717, 1.165) is 18.5 Å². The van der Waals surface area contributed by atoms with Crippen LogP contribution < -0.4 is 5.32 Å². The molecule has 0 fully saturated rings. The van der Waals surface area contributed by atoms with E-state index in [-0.39, 0.29) is 11.9 Å². The molecule has 0 amide bonds. The van der Waals surface area contributed by atoms with E-state index in [1.807, 2.05) is 13.0 Å². The van der Waals surface area contributed by atoms with Crippen LogP contribution in [-0.4, -0.2) is 26.8 Å². The van der Waals surface area contributed by atoms with Gasteiger partial charge in [0.1, 0.15) is 5.82 Å². The molecule has 1 unspecified atom stereocenters. The average molecular weight is 295 g/mol. The summed E-state index contributed by atoms with van der Waals surface area (Å²) in [7, 11) is 1.73. The molecule has 1 aromatic heterocycles. The maximum Gasteiger partial charge on any atom is 0.213 e. The van der Waals surface area contributed by atoms with Crippen LogP contribution in [0.4, 0.5) is 4.39 Å². The van der Waals surface area contributed by atoms with E-state index < -0.39 is 0 Å². The number of hydrogen-bond donors (Lipinski definition) is 1. The van der Waals surface area contributed by atoms with Gasteiger partial charge in [0.05, 0.1) is 4.90 Å². The summed E-state index contributed by atoms with van der Waals surface area (Å²) in [5.74, 6) is -0.249. The number of tetrazole rings is 1. The first-order chi connectivity index (χ1) is 9.61. The standard InChI is InChI=1S/C13H18FN5S/c1-4-7-15-9(2)10-5-6-12(11(14)8-10)20-13-16-17-18-19(13)3/h5-6,8-9,15H,4,7H2,1-3H3. The summed E-state index contributed by atoms with van der Waals surface area (Å²) in [6.07, 6.45) is 1.06. The van der Waals surface area contributed by atoms with Gasteiger partial charge in [-0.25, -0.2) is 9.07 Å². The largest absolute Gasteiger partial charge is 0.310 e. The summed E-state index contributed by atoms with van der Waals surface area (Å²) in [5.41, 5.74) is 0.941. The third-order valence-corrected chi connectivity index (χ3v) is 4.02. The van der Waals surface area contributed by atoms with E-state index in [9.17, 15) is 4.39 Å². The van der Waals surface area contributed by atoms with Gasteiger partial charge in [-0.1, -0.05) is 13.0 Å². The smallest absolute Gasteiger partial charge is 0.213 e. The first-order valence-electron chi connectivity index (χ1n) is 6.55. The molecule has 108 valence electrons. The topological polar surface area (TPSA) is 55.6 Å². The zero-order valence-electron chi connectivity index (χ0n) is 11.8. The van der Waals surface area contributed by atoms with Gasteiger partial charge in [0, 0.05) is 13.1 Å². The highest BCUT2D eigenvalue weighted by molar-refractivity contribution is 7.99. The fourth-order valence-corrected chi connectivity index (χ4v) is 2.49. The van der Waals surface area contributed by atoms with Crippen molar-refractivity contribution in [2.45, 2.75) is 36.4 Å². The molecule has 1 N–H and O–H groups in total. The Hall–Kier alpha value is -1.47. The van der Waals surface area contributed by atoms with E-state index >= 15 is 0 Å². The summed E-state index contributed by atoms with van der Waals surface area (Å²) in [6.45, 7) is 5.06. The maximum atomic E-state index is 14.1. The second-order valence-corrected chi connectivity index (χ2v) is 5.56. The van der Waals surface area contributed by atoms with Crippen molar-refractivity contribution >= 4 is 11.8 Å². The van der Waals surface area contributed by atoms with E-state index in [2.05, 4.69) is 27.8 Å². The molecule has 0 spiro atoms. The zero-order valence-corrected chi connectivity index (χ0v) is 12.6. The fourth-order valence-electron chi connectivity index (χ4n) is 1.75. The molecule has 2 aromatic rings. The van der Waals surface area contributed by atoms with Crippen LogP contribution in [0.25, 0.3) is 0 Å². The van der Waals surface area contributed by atoms with Crippen LogP contribution in [0.1, 0.15) is 31.9 Å². The SMILES string of the molecule is CCCNC(C)c1ccc(Sc2nnnn2C)c(F)c1. The highest BCUT2D eigenvalue weighted by Gasteiger charge is 2.12. The molecule has 0 saturated carbocycles. The van der Waals surface area contributed by atoms with Gasteiger partial charge in [0.25, 0.3) is 0 Å². The van der Waals surface area contributed by atoms with Gasteiger partial charge in [0.2, 0.25) is 5.16 Å². The molecule has 0 aliphatic rings. The van der Waals surface area contributed by atoms with Gasteiger partial charge in [0.15, 0.2) is 0 Å². The van der Waals surface area contributed by atoms with E-state index in [1.165, 1.54) is 16.4 Å². The molecule has 2 rings (SSSR count). The summed E-state index contributed by atoms with van der Waals surface area (Å²) in [4.78, 5) is 0.523. The van der Waals surface area contributed by atoms with Crippen molar-refractivity contribution in [1.29, 1.82) is 0 Å². The minimum atomic E-state index is -0.249. The van der Waals surface area contributed by atoms with Crippen LogP contribution in [0.3, 0.4) is 0 Å². The molecule has 0 radical (unpaired) electrons. The highest BCUT2D eigenvalue weighted by atomic mass is 32.2. The molecule has 1 heterocycles. The van der Waals surface area contributed by atoms with Gasteiger partial charge in [-0.15, -0.1) is 5.10 Å². The lowest BCUT2D eigenvalue weighted by atomic mass is 10.1. The van der Waals surface area contributed by atoms with Crippen molar-refractivity contribution in [2.24, 2.45) is 7.05 Å². The Morgan fingerprint density at radius 1 is 1.45 bits per heavy atom. The molecule has 0 aliphatic heterocycles. The van der Waals surface area contributed by atoms with E-state index in [1.54, 1.807) is 19.2 Å². The number of aromatic nitrogens is 4. The third-order valence-electron chi connectivity index (χ3n) is 2.94. The van der Waals surface area contributed by atoms with Crippen LogP contribution >= 0.6 is 11.8 Å². The number of nitrogens with one attached hydrogen (secondary N) is 1. The van der Waals surface area contributed by atoms with Crippen LogP contribution in [-0.2, 0) is 7.05 Å². The minimum Gasteiger partial charge on any atom is -0.310 e. The van der Waals surface area contributed by atoms with Gasteiger partial charge >= 0.3 is 0 Å². The summed E-state index contributed by atoms with van der Waals surface area (Å²) < 4.78 is 15.6. The fraction of sp³-hybridized carbons (Fsp3) is 0.462. The predicted molar refractivity (Wildman–Crippen MR) is 76.0 cm³/mol. The van der Waals surface area contributed by atoms with Crippen molar-refractivity contribution in [3.05, 3.63) is 29.6 Å². The average Bonchev–Trinajstić information content (AvgIpc) is 2.84. The Kier molecular flexibility index (Phi) is 5.08. The van der Waals surface area contributed by atoms with Crippen molar-refractivity contribution in [3.8, 4) is 0 Å². The van der Waals surface area contributed by atoms with Gasteiger partial charge in [-0.3, -0.25) is 0 Å². The Morgan fingerprint density at radius 3 is 2.85 bits per heavy atom. The van der Waals surface area contributed by atoms with Crippen molar-refractivity contribution in [2.75, 3.05) is 6.54 Å². The molecule has 20 heavy (non-hydrogen) atoms. The number of nitrogens with zero attached hydrogens (tertiary/aromatic N) is 4. The Balaban J connectivity index is 2.11. The number of benzene rings is 1. The monoisotopic (exact) mass is 295 g/mol. The molecule has 0 saturated heterocycles. The number of hydrogen-bond acceptors (Lipinski definition) is 5. The Bertz CT molecular complexity index is 572. The lowest BCUT2D eigenvalue weighted by Crippen LogP contribution is -2.19. The summed E-state index contributed by atoms with van der Waals surface area (Å²) in [6, 6.07) is 5.41. The van der Waals surface area contributed by atoms with Crippen molar-refractivity contribution < 1.29 is 4.39 Å². The van der Waals surface area contributed by atoms with Gasteiger partial charge < -0.3 is 5.32 Å². The number of halogens is 1. The van der Waals surface area contributed by atoms with Crippen molar-refractivity contribution in [3.63, 3.8) is 0 Å². The minimum absolute atomic E-state index is 0.139. The molecule has 0 bridgehead atoms. The quantitative estimate of drug-likeness (QED) is 0.887. The van der Waals surface area contributed by atoms with E-state index in [4.69, 9.17) is 0 Å². The molecule has 5 nitrogen and oxygen atoms in total. The summed E-state index contributed by atoms with van der Waals surface area (Å²) >= 11 is 1.22. The first-order valence-corrected chi connectivity index (χ1v) is 7.36. The predicted octanol–water partition coefficient (Wildman–Crippen LogP) is 2.56. The highest BCUT2D eigenvalue weighted by Crippen LogP contribution is 2.29. The lowest BCUT2D eigenvalue weighted by Gasteiger charge is -2.14. The molecule has 1 aromatic carbocycles. The zero-order chi connectivity index (χ0) is 14.5. The van der Waals surface area contributed by atoms with Gasteiger partial charge in [-0.2, -0.15) is 0 Å². The molecule has 1 atom stereocenters. The van der Waals surface area contributed by atoms with Crippen molar-refractivity contribution in [1.82, 2.24) is 25.5 Å². The third kappa shape index (κ3) is 3.55. The van der Waals surface area contributed by atoms with Crippen LogP contribution in [0, 0.1) is 5.82 Å². The molecular weight excluding hydrogens is 277 g/mol. The normalized spacial score (nSPS) is 12.6. The number of aryl methyl sites for hydroxylation is 1. The molecule has 0 aliphatic carbocycles. The van der Waals surface area contributed by atoms with Gasteiger partial charge in [-0.05, 0) is 59.8 Å². The Labute approximate surface area is 122 Å². The summed E-state index contributed by atoms with van der Waals surface area (Å²) in [5, 5.41) is 15.0. The number of rotatable bonds is 6. The second kappa shape index (κ2) is 6.81.